The van der Waals surface area contributed by atoms with Crippen LogP contribution in [-0.2, 0) is 12.6 Å². The first-order valence-electron chi connectivity index (χ1n) is 12.7. The maximum absolute atomic E-state index is 13.1. The predicted octanol–water partition coefficient (Wildman–Crippen LogP) is 6.37. The van der Waals surface area contributed by atoms with E-state index < -0.39 is 17.6 Å². The van der Waals surface area contributed by atoms with Crippen molar-refractivity contribution < 1.29 is 32.0 Å². The van der Waals surface area contributed by atoms with Crippen LogP contribution in [0.5, 0.6) is 11.5 Å². The van der Waals surface area contributed by atoms with Gasteiger partial charge in [-0.15, -0.1) is 0 Å². The second-order valence-corrected chi connectivity index (χ2v) is 10.2. The van der Waals surface area contributed by atoms with Crippen molar-refractivity contribution in [3.05, 3.63) is 131 Å². The van der Waals surface area contributed by atoms with Crippen molar-refractivity contribution in [2.75, 3.05) is 6.54 Å². The van der Waals surface area contributed by atoms with E-state index in [1.165, 1.54) is 29.6 Å². The standard InChI is InChI=1S/C30H25F3N4O3S/c31-30(32,33)25-12-6-14-27(19-25)40-26-13-5-11-24(18-26)29-34-36(16-15-21-7-2-1-3-8-21)37(41-29)20-22-9-4-10-23(17-22)28(38)35-39/h1-14,17-20,29,34H,15-16H2,(H-,35,38,39)/p+1. The van der Waals surface area contributed by atoms with E-state index in [9.17, 15) is 18.0 Å². The highest BCUT2D eigenvalue weighted by molar-refractivity contribution is 7.93. The van der Waals surface area contributed by atoms with Crippen molar-refractivity contribution in [3.63, 3.8) is 0 Å². The Labute approximate surface area is 238 Å². The average Bonchev–Trinajstić information content (AvgIpc) is 3.38. The Bertz CT molecular complexity index is 1550. The lowest BCUT2D eigenvalue weighted by Gasteiger charge is -2.13. The van der Waals surface area contributed by atoms with E-state index in [1.54, 1.807) is 41.9 Å². The molecule has 0 aliphatic carbocycles. The van der Waals surface area contributed by atoms with E-state index in [0.717, 1.165) is 29.7 Å². The summed E-state index contributed by atoms with van der Waals surface area (Å²) in [4.78, 5) is 11.9. The van der Waals surface area contributed by atoms with Gasteiger partial charge in [-0.05, 0) is 70.2 Å². The second kappa shape index (κ2) is 12.5. The summed E-state index contributed by atoms with van der Waals surface area (Å²) in [5.74, 6) is -0.107. The predicted molar refractivity (Wildman–Crippen MR) is 149 cm³/mol. The molecule has 0 radical (unpaired) electrons. The van der Waals surface area contributed by atoms with E-state index in [4.69, 9.17) is 9.94 Å². The highest BCUT2D eigenvalue weighted by Gasteiger charge is 2.37. The van der Waals surface area contributed by atoms with Gasteiger partial charge in [-0.3, -0.25) is 10.0 Å². The molecule has 1 amide bonds. The molecule has 1 saturated heterocycles. The van der Waals surface area contributed by atoms with Crippen LogP contribution >= 0.6 is 11.9 Å². The molecule has 1 atom stereocenters. The molecule has 0 spiro atoms. The zero-order chi connectivity index (χ0) is 28.8. The molecule has 41 heavy (non-hydrogen) atoms. The van der Waals surface area contributed by atoms with Crippen LogP contribution in [-0.4, -0.2) is 33.1 Å². The lowest BCUT2D eigenvalue weighted by Crippen LogP contribution is -2.38. The first kappa shape index (κ1) is 28.2. The van der Waals surface area contributed by atoms with Gasteiger partial charge in [0, 0.05) is 11.1 Å². The number of alkyl halides is 3. The quantitative estimate of drug-likeness (QED) is 0.0975. The number of hydrazine groups is 2. The normalized spacial score (nSPS) is 16.1. The van der Waals surface area contributed by atoms with Crippen LogP contribution in [0, 0.1) is 0 Å². The lowest BCUT2D eigenvalue weighted by molar-refractivity contribution is -0.553. The van der Waals surface area contributed by atoms with Gasteiger partial charge in [0.15, 0.2) is 5.37 Å². The van der Waals surface area contributed by atoms with Crippen LogP contribution < -0.4 is 15.6 Å². The summed E-state index contributed by atoms with van der Waals surface area (Å²) < 4.78 is 47.2. The Morgan fingerprint density at radius 1 is 0.976 bits per heavy atom. The summed E-state index contributed by atoms with van der Waals surface area (Å²) in [6.07, 6.45) is -1.83. The van der Waals surface area contributed by atoms with Crippen LogP contribution in [0.4, 0.5) is 13.2 Å². The van der Waals surface area contributed by atoms with Crippen molar-refractivity contribution in [1.82, 2.24) is 16.0 Å². The molecule has 5 rings (SSSR count). The second-order valence-electron chi connectivity index (χ2n) is 9.17. The summed E-state index contributed by atoms with van der Waals surface area (Å²) in [6, 6.07) is 28.9. The van der Waals surface area contributed by atoms with Crippen LogP contribution in [0.2, 0.25) is 0 Å². The zero-order valence-corrected chi connectivity index (χ0v) is 22.4. The SMILES string of the molecule is O=C(NO)c1cccc(C=[N+]2SC(c3cccc(Oc4cccc(C(F)(F)F)c4)c3)NN2CCc2ccccc2)c1. The molecule has 3 N–H and O–H groups in total. The fourth-order valence-electron chi connectivity index (χ4n) is 4.22. The van der Waals surface area contributed by atoms with Crippen LogP contribution in [0.25, 0.3) is 0 Å². The first-order chi connectivity index (χ1) is 19.8. The van der Waals surface area contributed by atoms with E-state index >= 15 is 0 Å². The molecule has 1 aliphatic rings. The van der Waals surface area contributed by atoms with E-state index in [0.29, 0.717) is 17.9 Å². The number of nitrogens with zero attached hydrogens (tertiary/aromatic N) is 2. The highest BCUT2D eigenvalue weighted by atomic mass is 32.2. The molecule has 1 aliphatic heterocycles. The molecular weight excluding hydrogens is 553 g/mol. The number of amides is 1. The van der Waals surface area contributed by atoms with Gasteiger partial charge in [-0.1, -0.05) is 59.7 Å². The average molecular weight is 580 g/mol. The number of carbonyl (C=O) groups excluding carboxylic acids is 1. The van der Waals surface area contributed by atoms with Gasteiger partial charge < -0.3 is 4.74 Å². The zero-order valence-electron chi connectivity index (χ0n) is 21.6. The molecular formula is C30H26F3N4O3S+. The number of hydrazone groups is 1. The van der Waals surface area contributed by atoms with Gasteiger partial charge in [0.1, 0.15) is 11.5 Å². The fraction of sp³-hybridized carbons (Fsp3) is 0.133. The number of halogens is 3. The van der Waals surface area contributed by atoms with Gasteiger partial charge >= 0.3 is 6.18 Å². The molecule has 7 nitrogen and oxygen atoms in total. The topological polar surface area (TPSA) is 76.8 Å². The van der Waals surface area contributed by atoms with Crippen LogP contribution in [0.3, 0.4) is 0 Å². The minimum atomic E-state index is -4.46. The number of rotatable bonds is 8. The number of hydrogen-bond donors (Lipinski definition) is 3. The minimum Gasteiger partial charge on any atom is -0.457 e. The fourth-order valence-corrected chi connectivity index (χ4v) is 5.30. The molecule has 1 heterocycles. The van der Waals surface area contributed by atoms with Crippen molar-refractivity contribution >= 4 is 24.1 Å². The lowest BCUT2D eigenvalue weighted by atomic mass is 10.1. The summed E-state index contributed by atoms with van der Waals surface area (Å²) in [7, 11) is 0. The Morgan fingerprint density at radius 2 is 1.71 bits per heavy atom. The van der Waals surface area contributed by atoms with Gasteiger partial charge in [0.05, 0.1) is 12.1 Å². The summed E-state index contributed by atoms with van der Waals surface area (Å²) in [5.41, 5.74) is 7.43. The minimum absolute atomic E-state index is 0.0928. The molecule has 1 fully saturated rings. The maximum atomic E-state index is 13.1. The van der Waals surface area contributed by atoms with Crippen molar-refractivity contribution in [2.45, 2.75) is 18.0 Å². The number of hydroxylamine groups is 1. The maximum Gasteiger partial charge on any atom is 0.416 e. The number of hydrogen-bond acceptors (Lipinski definition) is 6. The third-order valence-electron chi connectivity index (χ3n) is 6.24. The van der Waals surface area contributed by atoms with Gasteiger partial charge in [-0.2, -0.15) is 18.6 Å². The number of ether oxygens (including phenoxy) is 1. The van der Waals surface area contributed by atoms with Crippen molar-refractivity contribution in [3.8, 4) is 11.5 Å². The Hall–Kier alpha value is -4.32. The van der Waals surface area contributed by atoms with Crippen molar-refractivity contribution in [1.29, 1.82) is 0 Å². The monoisotopic (exact) mass is 579 g/mol. The smallest absolute Gasteiger partial charge is 0.416 e. The van der Waals surface area contributed by atoms with Crippen LogP contribution in [0.1, 0.15) is 38.0 Å². The van der Waals surface area contributed by atoms with Gasteiger partial charge in [0.2, 0.25) is 18.2 Å². The first-order valence-corrected chi connectivity index (χ1v) is 13.5. The van der Waals surface area contributed by atoms with E-state index in [-0.39, 0.29) is 11.1 Å². The number of carbonyl (C=O) groups is 1. The van der Waals surface area contributed by atoms with E-state index in [1.807, 2.05) is 45.8 Å². The number of nitrogens with one attached hydrogen (secondary N) is 2. The number of benzene rings is 4. The van der Waals surface area contributed by atoms with Gasteiger partial charge in [-0.25, -0.2) is 5.48 Å². The Balaban J connectivity index is 1.38. The summed E-state index contributed by atoms with van der Waals surface area (Å²) in [6.45, 7) is 0.626. The Morgan fingerprint density at radius 3 is 2.46 bits per heavy atom. The van der Waals surface area contributed by atoms with Crippen LogP contribution in [0.15, 0.2) is 103 Å². The molecule has 4 aromatic rings. The molecule has 0 bridgehead atoms. The van der Waals surface area contributed by atoms with Gasteiger partial charge in [0.25, 0.3) is 5.91 Å². The third kappa shape index (κ3) is 7.26. The highest BCUT2D eigenvalue weighted by Crippen LogP contribution is 2.37. The molecule has 0 aromatic heterocycles. The third-order valence-corrected chi connectivity index (χ3v) is 7.35. The molecule has 4 aromatic carbocycles. The molecule has 0 saturated carbocycles. The molecule has 1 unspecified atom stereocenters. The molecule has 11 heteroatoms. The largest absolute Gasteiger partial charge is 0.457 e. The Kier molecular flexibility index (Phi) is 8.58. The van der Waals surface area contributed by atoms with Crippen molar-refractivity contribution in [2.24, 2.45) is 0 Å². The van der Waals surface area contributed by atoms with E-state index in [2.05, 4.69) is 17.6 Å². The summed E-state index contributed by atoms with van der Waals surface area (Å²) >= 11 is 1.48. The summed E-state index contributed by atoms with van der Waals surface area (Å²) in [5, 5.41) is 10.7. The molecule has 210 valence electrons.